The Balaban J connectivity index is 1.82. The molecule has 0 saturated heterocycles. The third-order valence-electron chi connectivity index (χ3n) is 3.73. The number of halogens is 1. The SMILES string of the molecule is Nc1ccc(N(C(=O)NCc2ccc(Cl)cc2)c2ccccc2)cc1. The topological polar surface area (TPSA) is 58.4 Å². The maximum Gasteiger partial charge on any atom is 0.326 e. The first-order valence-corrected chi connectivity index (χ1v) is 8.24. The second-order valence-electron chi connectivity index (χ2n) is 5.55. The minimum Gasteiger partial charge on any atom is -0.399 e. The monoisotopic (exact) mass is 351 g/mol. The number of anilines is 3. The number of amides is 2. The Kier molecular flexibility index (Phi) is 5.21. The highest BCUT2D eigenvalue weighted by Gasteiger charge is 2.17. The molecule has 0 spiro atoms. The molecule has 0 radical (unpaired) electrons. The molecule has 4 nitrogen and oxygen atoms in total. The Morgan fingerprint density at radius 2 is 1.48 bits per heavy atom. The number of nitrogens with two attached hydrogens (primary N) is 1. The number of hydrogen-bond acceptors (Lipinski definition) is 2. The largest absolute Gasteiger partial charge is 0.399 e. The number of carbonyl (C=O) groups excluding carboxylic acids is 1. The van der Waals surface area contributed by atoms with Crippen LogP contribution in [0, 0.1) is 0 Å². The highest BCUT2D eigenvalue weighted by Crippen LogP contribution is 2.26. The maximum absolute atomic E-state index is 12.8. The summed E-state index contributed by atoms with van der Waals surface area (Å²) in [5.41, 5.74) is 8.91. The Morgan fingerprint density at radius 1 is 0.880 bits per heavy atom. The standard InChI is InChI=1S/C20H18ClN3O/c21-16-8-6-15(7-9-16)14-23-20(25)24(18-4-2-1-3-5-18)19-12-10-17(22)11-13-19/h1-13H,14,22H2,(H,23,25). The fourth-order valence-electron chi connectivity index (χ4n) is 2.44. The summed E-state index contributed by atoms with van der Waals surface area (Å²) in [7, 11) is 0. The van der Waals surface area contributed by atoms with Crippen molar-refractivity contribution < 1.29 is 4.79 Å². The van der Waals surface area contributed by atoms with Crippen molar-refractivity contribution in [3.05, 3.63) is 89.4 Å². The molecule has 3 aromatic carbocycles. The van der Waals surface area contributed by atoms with Crippen LogP contribution >= 0.6 is 11.6 Å². The number of hydrogen-bond donors (Lipinski definition) is 2. The van der Waals surface area contributed by atoms with E-state index < -0.39 is 0 Å². The lowest BCUT2D eigenvalue weighted by Crippen LogP contribution is -2.36. The van der Waals surface area contributed by atoms with Gasteiger partial charge >= 0.3 is 6.03 Å². The molecule has 2 amide bonds. The van der Waals surface area contributed by atoms with Gasteiger partial charge in [0.15, 0.2) is 0 Å². The Morgan fingerprint density at radius 3 is 2.12 bits per heavy atom. The van der Waals surface area contributed by atoms with Gasteiger partial charge < -0.3 is 11.1 Å². The van der Waals surface area contributed by atoms with Crippen molar-refractivity contribution in [1.29, 1.82) is 0 Å². The van der Waals surface area contributed by atoms with E-state index in [1.54, 1.807) is 29.2 Å². The summed E-state index contributed by atoms with van der Waals surface area (Å²) in [6.45, 7) is 0.411. The van der Waals surface area contributed by atoms with E-state index >= 15 is 0 Å². The van der Waals surface area contributed by atoms with Gasteiger partial charge in [0.25, 0.3) is 0 Å². The molecule has 25 heavy (non-hydrogen) atoms. The number of carbonyl (C=O) groups is 1. The Bertz CT molecular complexity index is 833. The third kappa shape index (κ3) is 4.31. The van der Waals surface area contributed by atoms with Crippen LogP contribution in [0.4, 0.5) is 21.9 Å². The van der Waals surface area contributed by atoms with Gasteiger partial charge in [0, 0.05) is 17.3 Å². The first kappa shape index (κ1) is 16.9. The van der Waals surface area contributed by atoms with Gasteiger partial charge in [-0.1, -0.05) is 41.9 Å². The average Bonchev–Trinajstić information content (AvgIpc) is 2.64. The van der Waals surface area contributed by atoms with Crippen molar-refractivity contribution in [2.45, 2.75) is 6.54 Å². The van der Waals surface area contributed by atoms with Crippen LogP contribution in [-0.4, -0.2) is 6.03 Å². The van der Waals surface area contributed by atoms with Gasteiger partial charge in [0.1, 0.15) is 0 Å². The summed E-state index contributed by atoms with van der Waals surface area (Å²) < 4.78 is 0. The lowest BCUT2D eigenvalue weighted by molar-refractivity contribution is 0.248. The molecule has 0 bridgehead atoms. The zero-order valence-corrected chi connectivity index (χ0v) is 14.3. The normalized spacial score (nSPS) is 10.3. The van der Waals surface area contributed by atoms with Gasteiger partial charge in [0.2, 0.25) is 0 Å². The molecule has 0 atom stereocenters. The summed E-state index contributed by atoms with van der Waals surface area (Å²) in [5.74, 6) is 0. The smallest absolute Gasteiger partial charge is 0.326 e. The van der Waals surface area contributed by atoms with Crippen molar-refractivity contribution in [3.8, 4) is 0 Å². The fraction of sp³-hybridized carbons (Fsp3) is 0.0500. The van der Waals surface area contributed by atoms with E-state index in [0.717, 1.165) is 16.9 Å². The van der Waals surface area contributed by atoms with E-state index in [-0.39, 0.29) is 6.03 Å². The molecule has 0 aromatic heterocycles. The van der Waals surface area contributed by atoms with E-state index in [1.807, 2.05) is 54.6 Å². The third-order valence-corrected chi connectivity index (χ3v) is 3.98. The lowest BCUT2D eigenvalue weighted by Gasteiger charge is -2.23. The molecule has 3 rings (SSSR count). The lowest BCUT2D eigenvalue weighted by atomic mass is 10.2. The van der Waals surface area contributed by atoms with E-state index in [2.05, 4.69) is 5.32 Å². The molecule has 5 heteroatoms. The summed E-state index contributed by atoms with van der Waals surface area (Å²) in [6, 6.07) is 23.8. The van der Waals surface area contributed by atoms with Crippen LogP contribution in [-0.2, 0) is 6.54 Å². The second-order valence-corrected chi connectivity index (χ2v) is 5.98. The molecule has 126 valence electrons. The molecule has 0 aliphatic carbocycles. The molecule has 0 aliphatic heterocycles. The zero-order chi connectivity index (χ0) is 17.6. The summed E-state index contributed by atoms with van der Waals surface area (Å²) >= 11 is 5.89. The summed E-state index contributed by atoms with van der Waals surface area (Å²) in [5, 5.41) is 3.61. The van der Waals surface area contributed by atoms with Gasteiger partial charge in [-0.3, -0.25) is 4.90 Å². The van der Waals surface area contributed by atoms with E-state index in [0.29, 0.717) is 17.3 Å². The van der Waals surface area contributed by atoms with Crippen molar-refractivity contribution >= 4 is 34.7 Å². The first-order valence-electron chi connectivity index (χ1n) is 7.86. The predicted molar refractivity (Wildman–Crippen MR) is 103 cm³/mol. The van der Waals surface area contributed by atoms with Crippen molar-refractivity contribution in [1.82, 2.24) is 5.32 Å². The molecular weight excluding hydrogens is 334 g/mol. The van der Waals surface area contributed by atoms with Crippen molar-refractivity contribution in [3.63, 3.8) is 0 Å². The summed E-state index contributed by atoms with van der Waals surface area (Å²) in [6.07, 6.45) is 0. The van der Waals surface area contributed by atoms with Crippen molar-refractivity contribution in [2.75, 3.05) is 10.6 Å². The second kappa shape index (κ2) is 7.73. The molecule has 0 unspecified atom stereocenters. The number of nitrogens with zero attached hydrogens (tertiary/aromatic N) is 1. The van der Waals surface area contributed by atoms with E-state index in [9.17, 15) is 4.79 Å². The van der Waals surface area contributed by atoms with Crippen molar-refractivity contribution in [2.24, 2.45) is 0 Å². The minimum absolute atomic E-state index is 0.217. The van der Waals surface area contributed by atoms with Crippen LogP contribution in [0.3, 0.4) is 0 Å². The minimum atomic E-state index is -0.217. The van der Waals surface area contributed by atoms with Crippen LogP contribution in [0.15, 0.2) is 78.9 Å². The Labute approximate surface area is 151 Å². The highest BCUT2D eigenvalue weighted by atomic mass is 35.5. The van der Waals surface area contributed by atoms with Crippen LogP contribution in [0.1, 0.15) is 5.56 Å². The molecule has 0 fully saturated rings. The van der Waals surface area contributed by atoms with Crippen LogP contribution in [0.25, 0.3) is 0 Å². The summed E-state index contributed by atoms with van der Waals surface area (Å²) in [4.78, 5) is 14.4. The number of urea groups is 1. The Hall–Kier alpha value is -2.98. The number of benzene rings is 3. The highest BCUT2D eigenvalue weighted by molar-refractivity contribution is 6.30. The van der Waals surface area contributed by atoms with E-state index in [1.165, 1.54) is 0 Å². The van der Waals surface area contributed by atoms with Crippen LogP contribution in [0.2, 0.25) is 5.02 Å². The van der Waals surface area contributed by atoms with Gasteiger partial charge in [-0.05, 0) is 54.1 Å². The number of rotatable bonds is 4. The van der Waals surface area contributed by atoms with Gasteiger partial charge in [-0.25, -0.2) is 4.79 Å². The van der Waals surface area contributed by atoms with Crippen LogP contribution in [0.5, 0.6) is 0 Å². The molecule has 3 N–H and O–H groups in total. The zero-order valence-electron chi connectivity index (χ0n) is 13.5. The van der Waals surface area contributed by atoms with E-state index in [4.69, 9.17) is 17.3 Å². The molecule has 3 aromatic rings. The molecule has 0 saturated carbocycles. The predicted octanol–water partition coefficient (Wildman–Crippen LogP) is 4.97. The van der Waals surface area contributed by atoms with Gasteiger partial charge in [-0.15, -0.1) is 0 Å². The average molecular weight is 352 g/mol. The van der Waals surface area contributed by atoms with Crippen LogP contribution < -0.4 is 16.0 Å². The number of para-hydroxylation sites is 1. The number of nitrogen functional groups attached to an aromatic ring is 1. The molecular formula is C20H18ClN3O. The quantitative estimate of drug-likeness (QED) is 0.652. The first-order chi connectivity index (χ1) is 12.1. The maximum atomic E-state index is 12.8. The van der Waals surface area contributed by atoms with Gasteiger partial charge in [-0.2, -0.15) is 0 Å². The molecule has 0 aliphatic rings. The van der Waals surface area contributed by atoms with Gasteiger partial charge in [0.05, 0.1) is 11.4 Å². The fourth-order valence-corrected chi connectivity index (χ4v) is 2.57. The molecule has 0 heterocycles. The number of nitrogens with one attached hydrogen (secondary N) is 1.